The molecule has 0 aliphatic heterocycles. The van der Waals surface area contributed by atoms with E-state index in [1.165, 1.54) is 23.1 Å². The third-order valence-electron chi connectivity index (χ3n) is 4.54. The first kappa shape index (κ1) is 20.3. The molecule has 2 aromatic carbocycles. The first-order valence-corrected chi connectivity index (χ1v) is 11.2. The Bertz CT molecular complexity index is 1310. The van der Waals surface area contributed by atoms with Gasteiger partial charge in [0.1, 0.15) is 0 Å². The molecule has 8 heteroatoms. The smallest absolute Gasteiger partial charge is 0.266 e. The fraction of sp³-hybridized carbons (Fsp3) is 0.182. The number of nitrogens with zero attached hydrogens (tertiary/aromatic N) is 3. The van der Waals surface area contributed by atoms with Crippen LogP contribution in [0, 0.1) is 20.8 Å². The van der Waals surface area contributed by atoms with Gasteiger partial charge in [-0.25, -0.2) is 9.97 Å². The zero-order chi connectivity index (χ0) is 21.3. The van der Waals surface area contributed by atoms with Crippen molar-refractivity contribution in [2.75, 3.05) is 11.1 Å². The molecule has 0 radical (unpaired) electrons. The van der Waals surface area contributed by atoms with Crippen LogP contribution >= 0.6 is 23.1 Å². The van der Waals surface area contributed by atoms with Gasteiger partial charge in [-0.05, 0) is 44.5 Å². The van der Waals surface area contributed by atoms with E-state index in [0.717, 1.165) is 22.5 Å². The normalized spacial score (nSPS) is 11.0. The van der Waals surface area contributed by atoms with Gasteiger partial charge in [-0.15, -0.1) is 11.3 Å². The number of benzene rings is 2. The minimum Gasteiger partial charge on any atom is -0.301 e. The highest BCUT2D eigenvalue weighted by Gasteiger charge is 2.16. The fourth-order valence-corrected chi connectivity index (χ4v) is 4.68. The topological polar surface area (TPSA) is 76.9 Å². The average molecular weight is 437 g/mol. The Kier molecular flexibility index (Phi) is 5.69. The number of hydrogen-bond donors (Lipinski definition) is 1. The number of fused-ring (bicyclic) bond motifs is 1. The molecule has 0 aliphatic carbocycles. The molecule has 0 fully saturated rings. The van der Waals surface area contributed by atoms with Crippen molar-refractivity contribution in [3.8, 4) is 5.69 Å². The molecule has 2 heterocycles. The van der Waals surface area contributed by atoms with Gasteiger partial charge in [0, 0.05) is 5.38 Å². The number of para-hydroxylation sites is 1. The highest BCUT2D eigenvalue weighted by atomic mass is 32.2. The highest BCUT2D eigenvalue weighted by Crippen LogP contribution is 2.24. The SMILES string of the molecule is Cc1ccc(-n2c(SCC(=O)Nc3nc(C)cs3)nc3ccccc3c2=O)c(C)c1. The molecule has 30 heavy (non-hydrogen) atoms. The van der Waals surface area contributed by atoms with Crippen molar-refractivity contribution in [3.05, 3.63) is 75.0 Å². The number of anilines is 1. The van der Waals surface area contributed by atoms with Crippen LogP contribution < -0.4 is 10.9 Å². The maximum Gasteiger partial charge on any atom is 0.266 e. The van der Waals surface area contributed by atoms with Gasteiger partial charge in [0.25, 0.3) is 5.56 Å². The summed E-state index contributed by atoms with van der Waals surface area (Å²) in [5.41, 5.74) is 4.18. The van der Waals surface area contributed by atoms with E-state index in [9.17, 15) is 9.59 Å². The molecule has 0 aliphatic rings. The first-order chi connectivity index (χ1) is 14.4. The first-order valence-electron chi connectivity index (χ1n) is 9.36. The van der Waals surface area contributed by atoms with Gasteiger partial charge in [-0.3, -0.25) is 14.2 Å². The van der Waals surface area contributed by atoms with Gasteiger partial charge < -0.3 is 5.32 Å². The van der Waals surface area contributed by atoms with E-state index in [1.807, 2.05) is 62.5 Å². The summed E-state index contributed by atoms with van der Waals surface area (Å²) in [6, 6.07) is 13.2. The van der Waals surface area contributed by atoms with Gasteiger partial charge in [-0.1, -0.05) is 41.6 Å². The summed E-state index contributed by atoms with van der Waals surface area (Å²) < 4.78 is 1.60. The molecule has 0 unspecified atom stereocenters. The average Bonchev–Trinajstić information content (AvgIpc) is 3.12. The lowest BCUT2D eigenvalue weighted by Crippen LogP contribution is -2.23. The van der Waals surface area contributed by atoms with Crippen molar-refractivity contribution >= 4 is 45.0 Å². The van der Waals surface area contributed by atoms with Gasteiger partial charge in [0.15, 0.2) is 10.3 Å². The number of aromatic nitrogens is 3. The number of thiazole rings is 1. The van der Waals surface area contributed by atoms with Gasteiger partial charge >= 0.3 is 0 Å². The minimum atomic E-state index is -0.191. The second-order valence-corrected chi connectivity index (χ2v) is 8.77. The monoisotopic (exact) mass is 436 g/mol. The summed E-state index contributed by atoms with van der Waals surface area (Å²) in [4.78, 5) is 34.7. The molecule has 0 saturated heterocycles. The summed E-state index contributed by atoms with van der Waals surface area (Å²) >= 11 is 2.62. The van der Waals surface area contributed by atoms with Gasteiger partial charge in [0.2, 0.25) is 5.91 Å². The number of aryl methyl sites for hydroxylation is 3. The van der Waals surface area contributed by atoms with Crippen LogP contribution in [0.25, 0.3) is 16.6 Å². The molecule has 0 saturated carbocycles. The van der Waals surface area contributed by atoms with Crippen LogP contribution in [0.1, 0.15) is 16.8 Å². The fourth-order valence-electron chi connectivity index (χ4n) is 3.17. The number of carbonyl (C=O) groups is 1. The van der Waals surface area contributed by atoms with E-state index >= 15 is 0 Å². The van der Waals surface area contributed by atoms with E-state index < -0.39 is 0 Å². The molecule has 0 spiro atoms. The molecule has 0 bridgehead atoms. The standard InChI is InChI=1S/C22H20N4O2S2/c1-13-8-9-18(14(2)10-13)26-20(28)16-6-4-5-7-17(16)24-22(26)30-12-19(27)25-21-23-15(3)11-29-21/h4-11H,12H2,1-3H3,(H,23,25,27). The molecule has 2 aromatic heterocycles. The number of nitrogens with one attached hydrogen (secondary N) is 1. The lowest BCUT2D eigenvalue weighted by Gasteiger charge is -2.15. The van der Waals surface area contributed by atoms with Crippen molar-refractivity contribution in [2.24, 2.45) is 0 Å². The van der Waals surface area contributed by atoms with Gasteiger partial charge in [-0.2, -0.15) is 0 Å². The Labute approximate surface area is 182 Å². The predicted octanol–water partition coefficient (Wildman–Crippen LogP) is 4.50. The van der Waals surface area contributed by atoms with Crippen LogP contribution in [-0.2, 0) is 4.79 Å². The van der Waals surface area contributed by atoms with Gasteiger partial charge in [0.05, 0.1) is 28.0 Å². The maximum atomic E-state index is 13.3. The Hall–Kier alpha value is -2.97. The molecule has 1 N–H and O–H groups in total. The third-order valence-corrected chi connectivity index (χ3v) is 6.35. The van der Waals surface area contributed by atoms with Crippen LogP contribution in [0.3, 0.4) is 0 Å². The second-order valence-electron chi connectivity index (χ2n) is 6.97. The summed E-state index contributed by atoms with van der Waals surface area (Å²) in [6.45, 7) is 5.86. The van der Waals surface area contributed by atoms with Crippen molar-refractivity contribution in [3.63, 3.8) is 0 Å². The number of carbonyl (C=O) groups excluding carboxylic acids is 1. The molecule has 0 atom stereocenters. The lowest BCUT2D eigenvalue weighted by molar-refractivity contribution is -0.113. The molecule has 152 valence electrons. The maximum absolute atomic E-state index is 13.3. The molecule has 1 amide bonds. The Morgan fingerprint density at radius 3 is 2.67 bits per heavy atom. The lowest BCUT2D eigenvalue weighted by atomic mass is 10.1. The van der Waals surface area contributed by atoms with Crippen LogP contribution in [0.2, 0.25) is 0 Å². The Morgan fingerprint density at radius 1 is 1.13 bits per heavy atom. The second kappa shape index (κ2) is 8.41. The van der Waals surface area contributed by atoms with E-state index in [-0.39, 0.29) is 17.2 Å². The Balaban J connectivity index is 1.72. The molecule has 4 aromatic rings. The molecule has 4 rings (SSSR count). The van der Waals surface area contributed by atoms with E-state index in [1.54, 1.807) is 10.6 Å². The van der Waals surface area contributed by atoms with Crippen LogP contribution in [0.5, 0.6) is 0 Å². The van der Waals surface area contributed by atoms with Crippen LogP contribution in [-0.4, -0.2) is 26.2 Å². The number of amides is 1. The zero-order valence-electron chi connectivity index (χ0n) is 16.8. The van der Waals surface area contributed by atoms with Crippen LogP contribution in [0.15, 0.2) is 57.8 Å². The van der Waals surface area contributed by atoms with Crippen molar-refractivity contribution in [1.82, 2.24) is 14.5 Å². The van der Waals surface area contributed by atoms with Crippen molar-refractivity contribution in [2.45, 2.75) is 25.9 Å². The zero-order valence-corrected chi connectivity index (χ0v) is 18.4. The summed E-state index contributed by atoms with van der Waals surface area (Å²) in [5, 5.41) is 6.27. The summed E-state index contributed by atoms with van der Waals surface area (Å²) in [7, 11) is 0. The van der Waals surface area contributed by atoms with Crippen molar-refractivity contribution in [1.29, 1.82) is 0 Å². The predicted molar refractivity (Wildman–Crippen MR) is 123 cm³/mol. The number of thioether (sulfide) groups is 1. The third kappa shape index (κ3) is 4.15. The van der Waals surface area contributed by atoms with E-state index in [4.69, 9.17) is 4.98 Å². The van der Waals surface area contributed by atoms with E-state index in [0.29, 0.717) is 21.2 Å². The highest BCUT2D eigenvalue weighted by molar-refractivity contribution is 7.99. The Morgan fingerprint density at radius 2 is 1.93 bits per heavy atom. The molecular weight excluding hydrogens is 416 g/mol. The number of rotatable bonds is 5. The largest absolute Gasteiger partial charge is 0.301 e. The summed E-state index contributed by atoms with van der Waals surface area (Å²) in [5.74, 6) is -0.0714. The quantitative estimate of drug-likeness (QED) is 0.368. The molecular formula is C22H20N4O2S2. The van der Waals surface area contributed by atoms with E-state index in [2.05, 4.69) is 10.3 Å². The minimum absolute atomic E-state index is 0.119. The molecule has 6 nitrogen and oxygen atoms in total. The van der Waals surface area contributed by atoms with Crippen molar-refractivity contribution < 1.29 is 4.79 Å². The van der Waals surface area contributed by atoms with Crippen LogP contribution in [0.4, 0.5) is 5.13 Å². The number of hydrogen-bond acceptors (Lipinski definition) is 6. The summed E-state index contributed by atoms with van der Waals surface area (Å²) in [6.07, 6.45) is 0.